The van der Waals surface area contributed by atoms with E-state index in [2.05, 4.69) is 18.7 Å². The molecule has 3 heterocycles. The van der Waals surface area contributed by atoms with Gasteiger partial charge in [0.25, 0.3) is 0 Å². The molecular formula is C24H28N2O6. The lowest BCUT2D eigenvalue weighted by Crippen LogP contribution is -2.29. The maximum absolute atomic E-state index is 12.7. The normalized spacial score (nSPS) is 19.6. The number of anilines is 1. The minimum atomic E-state index is -1.24. The number of carbonyl (C=O) groups excluding carboxylic acids is 1. The highest BCUT2D eigenvalue weighted by Crippen LogP contribution is 2.41. The zero-order chi connectivity index (χ0) is 23.2. The summed E-state index contributed by atoms with van der Waals surface area (Å²) in [5, 5.41) is 9.45. The number of carbonyl (C=O) groups is 2. The fourth-order valence-electron chi connectivity index (χ4n) is 4.79. The van der Waals surface area contributed by atoms with Gasteiger partial charge in [0.15, 0.2) is 5.43 Å². The van der Waals surface area contributed by atoms with E-state index in [0.717, 1.165) is 29.8 Å². The minimum Gasteiger partial charge on any atom is -0.477 e. The second kappa shape index (κ2) is 8.43. The number of nitrogens with zero attached hydrogens (tertiary/aromatic N) is 2. The van der Waals surface area contributed by atoms with Crippen molar-refractivity contribution in [2.45, 2.75) is 38.8 Å². The summed E-state index contributed by atoms with van der Waals surface area (Å²) < 4.78 is 12.4. The first-order valence-electron chi connectivity index (χ1n) is 10.8. The zero-order valence-corrected chi connectivity index (χ0v) is 18.8. The molecule has 1 aromatic heterocycles. The van der Waals surface area contributed by atoms with Crippen molar-refractivity contribution in [2.75, 3.05) is 32.2 Å². The van der Waals surface area contributed by atoms with Gasteiger partial charge < -0.3 is 24.0 Å². The molecule has 2 aliphatic heterocycles. The van der Waals surface area contributed by atoms with Crippen molar-refractivity contribution in [3.8, 4) is 11.3 Å². The summed E-state index contributed by atoms with van der Waals surface area (Å²) in [7, 11) is 3.04. The number of benzene rings is 1. The van der Waals surface area contributed by atoms with Crippen molar-refractivity contribution in [1.82, 2.24) is 4.57 Å². The van der Waals surface area contributed by atoms with Gasteiger partial charge in [0.05, 0.1) is 30.2 Å². The maximum atomic E-state index is 12.7. The Morgan fingerprint density at radius 1 is 1.16 bits per heavy atom. The topological polar surface area (TPSA) is 98.1 Å². The van der Waals surface area contributed by atoms with Gasteiger partial charge in [-0.3, -0.25) is 4.79 Å². The highest BCUT2D eigenvalue weighted by atomic mass is 16.5. The number of hydrogen-bond donors (Lipinski definition) is 1. The molecule has 0 aliphatic carbocycles. The molecule has 1 aromatic carbocycles. The summed E-state index contributed by atoms with van der Waals surface area (Å²) in [4.78, 5) is 38.9. The Morgan fingerprint density at radius 2 is 1.91 bits per heavy atom. The third kappa shape index (κ3) is 3.68. The Balaban J connectivity index is 1.92. The lowest BCUT2D eigenvalue weighted by molar-refractivity contribution is 0.0600. The molecule has 32 heavy (non-hydrogen) atoms. The molecule has 2 aliphatic rings. The summed E-state index contributed by atoms with van der Waals surface area (Å²) in [5.41, 5.74) is 2.81. The van der Waals surface area contributed by atoms with Gasteiger partial charge in [-0.05, 0) is 36.5 Å². The fourth-order valence-corrected chi connectivity index (χ4v) is 4.79. The van der Waals surface area contributed by atoms with E-state index >= 15 is 0 Å². The Labute approximate surface area is 186 Å². The average molecular weight is 440 g/mol. The molecule has 0 saturated carbocycles. The molecule has 8 heteroatoms. The van der Waals surface area contributed by atoms with Crippen molar-refractivity contribution in [3.05, 3.63) is 51.3 Å². The molecule has 1 unspecified atom stereocenters. The lowest BCUT2D eigenvalue weighted by atomic mass is 9.86. The van der Waals surface area contributed by atoms with E-state index < -0.39 is 17.4 Å². The number of rotatable bonds is 5. The van der Waals surface area contributed by atoms with E-state index in [4.69, 9.17) is 9.47 Å². The van der Waals surface area contributed by atoms with E-state index in [9.17, 15) is 19.5 Å². The molecule has 1 N–H and O–H groups in total. The van der Waals surface area contributed by atoms with Crippen LogP contribution < -0.4 is 10.3 Å². The van der Waals surface area contributed by atoms with Crippen LogP contribution in [-0.4, -0.2) is 55.0 Å². The predicted octanol–water partition coefficient (Wildman–Crippen LogP) is 2.98. The van der Waals surface area contributed by atoms with Crippen LogP contribution in [0.15, 0.2) is 29.2 Å². The van der Waals surface area contributed by atoms with Crippen LogP contribution in [0.2, 0.25) is 0 Å². The third-order valence-corrected chi connectivity index (χ3v) is 6.59. The van der Waals surface area contributed by atoms with Crippen LogP contribution in [0.25, 0.3) is 11.3 Å². The number of aromatic carboxylic acids is 1. The Hall–Kier alpha value is -3.13. The highest BCUT2D eigenvalue weighted by Gasteiger charge is 2.32. The van der Waals surface area contributed by atoms with E-state index in [1.54, 1.807) is 13.2 Å². The monoisotopic (exact) mass is 440 g/mol. The summed E-state index contributed by atoms with van der Waals surface area (Å²) >= 11 is 0. The van der Waals surface area contributed by atoms with Gasteiger partial charge in [0.2, 0.25) is 0 Å². The Bertz CT molecular complexity index is 1140. The van der Waals surface area contributed by atoms with Crippen LogP contribution in [0.5, 0.6) is 0 Å². The van der Waals surface area contributed by atoms with Gasteiger partial charge in [-0.1, -0.05) is 13.8 Å². The molecule has 1 fully saturated rings. The predicted molar refractivity (Wildman–Crippen MR) is 120 cm³/mol. The lowest BCUT2D eigenvalue weighted by Gasteiger charge is -2.34. The summed E-state index contributed by atoms with van der Waals surface area (Å²) in [6.45, 7) is 5.61. The molecule has 0 radical (unpaired) electrons. The second-order valence-electron chi connectivity index (χ2n) is 8.78. The molecular weight excluding hydrogens is 412 g/mol. The number of hydrogen-bond acceptors (Lipinski definition) is 6. The van der Waals surface area contributed by atoms with Gasteiger partial charge in [-0.25, -0.2) is 9.59 Å². The number of carboxylic acid groups (broad SMARTS) is 1. The molecule has 170 valence electrons. The summed E-state index contributed by atoms with van der Waals surface area (Å²) in [5.74, 6) is -1.49. The van der Waals surface area contributed by atoms with Gasteiger partial charge in [-0.15, -0.1) is 0 Å². The number of fused-ring (bicyclic) bond motifs is 3. The third-order valence-electron chi connectivity index (χ3n) is 6.59. The molecule has 2 atom stereocenters. The smallest absolute Gasteiger partial charge is 0.341 e. The molecule has 2 aromatic rings. The largest absolute Gasteiger partial charge is 0.477 e. The van der Waals surface area contributed by atoms with Gasteiger partial charge in [0, 0.05) is 44.1 Å². The molecule has 0 spiro atoms. The SMILES string of the molecule is COC(=O)c1cc2c(cc1N1CC[C@@H](OC)C1)CC(C(C)C)n1cc(C(=O)O)c(=O)cc1-2. The van der Waals surface area contributed by atoms with Crippen molar-refractivity contribution >= 4 is 17.6 Å². The van der Waals surface area contributed by atoms with Crippen LogP contribution in [0, 0.1) is 5.92 Å². The number of pyridine rings is 1. The molecule has 8 nitrogen and oxygen atoms in total. The number of carboxylic acids is 1. The van der Waals surface area contributed by atoms with Gasteiger partial charge in [0.1, 0.15) is 5.56 Å². The maximum Gasteiger partial charge on any atom is 0.341 e. The number of methoxy groups -OCH3 is 2. The van der Waals surface area contributed by atoms with Crippen LogP contribution in [-0.2, 0) is 15.9 Å². The first-order valence-corrected chi connectivity index (χ1v) is 10.8. The van der Waals surface area contributed by atoms with Crippen molar-refractivity contribution in [2.24, 2.45) is 5.92 Å². The standard InChI is InChI=1S/C24H28N2O6/c1-13(2)19-7-14-8-20(25-6-5-15(11-25)31-3)17(24(30)32-4)9-16(14)21-10-22(27)18(23(28)29)12-26(19)21/h8-10,12-13,15,19H,5-7,11H2,1-4H3,(H,28,29)/t15-,19?/m1/s1. The first-order chi connectivity index (χ1) is 15.2. The van der Waals surface area contributed by atoms with Crippen LogP contribution in [0.4, 0.5) is 5.69 Å². The van der Waals surface area contributed by atoms with Crippen molar-refractivity contribution < 1.29 is 24.2 Å². The fraction of sp³-hybridized carbons (Fsp3) is 0.458. The van der Waals surface area contributed by atoms with E-state index in [1.165, 1.54) is 19.4 Å². The number of ether oxygens (including phenoxy) is 2. The van der Waals surface area contributed by atoms with E-state index in [-0.39, 0.29) is 23.6 Å². The van der Waals surface area contributed by atoms with Crippen molar-refractivity contribution in [3.63, 3.8) is 0 Å². The van der Waals surface area contributed by atoms with Gasteiger partial charge >= 0.3 is 11.9 Å². The highest BCUT2D eigenvalue weighted by molar-refractivity contribution is 5.98. The summed E-state index contributed by atoms with van der Waals surface area (Å²) in [6.07, 6.45) is 3.08. The van der Waals surface area contributed by atoms with E-state index in [0.29, 0.717) is 24.2 Å². The van der Waals surface area contributed by atoms with Crippen LogP contribution >= 0.6 is 0 Å². The number of esters is 1. The molecule has 1 saturated heterocycles. The quantitative estimate of drug-likeness (QED) is 0.714. The molecule has 4 rings (SSSR count). The average Bonchev–Trinajstić information content (AvgIpc) is 3.25. The molecule has 0 bridgehead atoms. The number of aromatic nitrogens is 1. The van der Waals surface area contributed by atoms with E-state index in [1.807, 2.05) is 10.6 Å². The Kier molecular flexibility index (Phi) is 5.81. The first kappa shape index (κ1) is 22.1. The second-order valence-corrected chi connectivity index (χ2v) is 8.78. The summed E-state index contributed by atoms with van der Waals surface area (Å²) in [6, 6.07) is 5.15. The minimum absolute atomic E-state index is 0.0154. The zero-order valence-electron chi connectivity index (χ0n) is 18.8. The van der Waals surface area contributed by atoms with Gasteiger partial charge in [-0.2, -0.15) is 0 Å². The van der Waals surface area contributed by atoms with Crippen molar-refractivity contribution in [1.29, 1.82) is 0 Å². The van der Waals surface area contributed by atoms with Crippen LogP contribution in [0.3, 0.4) is 0 Å². The van der Waals surface area contributed by atoms with Crippen LogP contribution in [0.1, 0.15) is 52.6 Å². The molecule has 0 amide bonds. The Morgan fingerprint density at radius 3 is 2.50 bits per heavy atom.